The molecule has 33 heavy (non-hydrogen) atoms. The third-order valence-electron chi connectivity index (χ3n) is 5.44. The average Bonchev–Trinajstić information content (AvgIpc) is 3.20. The van der Waals surface area contributed by atoms with E-state index in [0.717, 1.165) is 28.0 Å². The number of halogens is 1. The maximum absolute atomic E-state index is 12.3. The third-order valence-corrected chi connectivity index (χ3v) is 5.70. The summed E-state index contributed by atoms with van der Waals surface area (Å²) in [4.78, 5) is 17.2. The van der Waals surface area contributed by atoms with Gasteiger partial charge in [0.2, 0.25) is 0 Å². The number of para-hydroxylation sites is 2. The Morgan fingerprint density at radius 2 is 1.48 bits per heavy atom. The number of imidazole rings is 1. The van der Waals surface area contributed by atoms with E-state index in [4.69, 9.17) is 21.3 Å². The van der Waals surface area contributed by atoms with Gasteiger partial charge in [-0.15, -0.1) is 0 Å². The lowest BCUT2D eigenvalue weighted by atomic mass is 10.1. The number of aromatic nitrogens is 2. The van der Waals surface area contributed by atoms with Crippen LogP contribution in [0, 0.1) is 0 Å². The highest BCUT2D eigenvalue weighted by Gasteiger charge is 2.14. The fourth-order valence-electron chi connectivity index (χ4n) is 3.83. The number of benzene rings is 4. The number of ether oxygens (including phenoxy) is 1. The molecule has 0 fully saturated rings. The summed E-state index contributed by atoms with van der Waals surface area (Å²) in [7, 11) is 0. The van der Waals surface area contributed by atoms with Gasteiger partial charge in [-0.05, 0) is 59.7 Å². The van der Waals surface area contributed by atoms with Gasteiger partial charge < -0.3 is 9.30 Å². The van der Waals surface area contributed by atoms with Crippen LogP contribution in [-0.4, -0.2) is 15.5 Å². The van der Waals surface area contributed by atoms with Crippen molar-refractivity contribution < 1.29 is 9.53 Å². The van der Waals surface area contributed by atoms with E-state index in [1.165, 1.54) is 5.56 Å². The van der Waals surface area contributed by atoms with E-state index >= 15 is 0 Å². The van der Waals surface area contributed by atoms with Gasteiger partial charge in [0.05, 0.1) is 17.5 Å². The van der Waals surface area contributed by atoms with E-state index < -0.39 is 0 Å². The zero-order valence-electron chi connectivity index (χ0n) is 17.8. The van der Waals surface area contributed by atoms with Crippen molar-refractivity contribution >= 4 is 28.6 Å². The molecule has 0 unspecified atom stereocenters. The van der Waals surface area contributed by atoms with E-state index in [9.17, 15) is 4.79 Å². The van der Waals surface area contributed by atoms with Gasteiger partial charge in [0.15, 0.2) is 0 Å². The summed E-state index contributed by atoms with van der Waals surface area (Å²) in [5.41, 5.74) is 5.04. The summed E-state index contributed by atoms with van der Waals surface area (Å²) in [6.07, 6.45) is 0.186. The molecule has 0 N–H and O–H groups in total. The topological polar surface area (TPSA) is 44.1 Å². The molecule has 4 nitrogen and oxygen atoms in total. The first-order valence-corrected chi connectivity index (χ1v) is 11.1. The van der Waals surface area contributed by atoms with E-state index in [2.05, 4.69) is 22.8 Å². The molecule has 0 bridgehead atoms. The van der Waals surface area contributed by atoms with Crippen molar-refractivity contribution in [1.82, 2.24) is 9.55 Å². The highest BCUT2D eigenvalue weighted by molar-refractivity contribution is 6.30. The molecule has 0 atom stereocenters. The third kappa shape index (κ3) is 4.81. The summed E-state index contributed by atoms with van der Waals surface area (Å²) in [5, 5.41) is 0.640. The van der Waals surface area contributed by atoms with Crippen LogP contribution in [0.25, 0.3) is 22.4 Å². The molecule has 1 aromatic heterocycles. The van der Waals surface area contributed by atoms with Crippen molar-refractivity contribution in [1.29, 1.82) is 0 Å². The standard InChI is InChI=1S/C28H21ClN2O2/c29-23-14-10-20(11-15-23)18-27(32)33-24-16-12-22(13-17-24)28-30-25-8-4-5-9-26(25)31(28)19-21-6-2-1-3-7-21/h1-17H,18-19H2. The first-order valence-electron chi connectivity index (χ1n) is 10.7. The lowest BCUT2D eigenvalue weighted by Crippen LogP contribution is -2.11. The monoisotopic (exact) mass is 452 g/mol. The molecule has 0 saturated carbocycles. The second-order valence-electron chi connectivity index (χ2n) is 7.80. The van der Waals surface area contributed by atoms with Gasteiger partial charge in [0, 0.05) is 17.1 Å². The summed E-state index contributed by atoms with van der Waals surface area (Å²) < 4.78 is 7.74. The molecule has 0 spiro atoms. The van der Waals surface area contributed by atoms with Crippen LogP contribution in [0.5, 0.6) is 5.75 Å². The van der Waals surface area contributed by atoms with E-state index in [0.29, 0.717) is 17.3 Å². The predicted molar refractivity (Wildman–Crippen MR) is 132 cm³/mol. The molecule has 4 aromatic carbocycles. The number of hydrogen-bond donors (Lipinski definition) is 0. The van der Waals surface area contributed by atoms with Crippen LogP contribution in [0.4, 0.5) is 0 Å². The minimum absolute atomic E-state index is 0.186. The number of hydrogen-bond acceptors (Lipinski definition) is 3. The van der Waals surface area contributed by atoms with Crippen LogP contribution in [0.1, 0.15) is 11.1 Å². The molecule has 0 amide bonds. The van der Waals surface area contributed by atoms with Crippen molar-refractivity contribution in [3.05, 3.63) is 119 Å². The molecule has 5 heteroatoms. The Balaban J connectivity index is 1.38. The maximum Gasteiger partial charge on any atom is 0.315 e. The Morgan fingerprint density at radius 3 is 2.24 bits per heavy atom. The molecule has 0 aliphatic rings. The number of esters is 1. The quantitative estimate of drug-likeness (QED) is 0.216. The van der Waals surface area contributed by atoms with Crippen molar-refractivity contribution in [2.75, 3.05) is 0 Å². The first kappa shape index (κ1) is 21.0. The molecular formula is C28H21ClN2O2. The van der Waals surface area contributed by atoms with Gasteiger partial charge in [-0.25, -0.2) is 4.98 Å². The molecule has 5 aromatic rings. The van der Waals surface area contributed by atoms with Gasteiger partial charge in [-0.2, -0.15) is 0 Å². The van der Waals surface area contributed by atoms with Crippen molar-refractivity contribution in [2.24, 2.45) is 0 Å². The van der Waals surface area contributed by atoms with E-state index in [1.54, 1.807) is 24.3 Å². The second kappa shape index (κ2) is 9.31. The van der Waals surface area contributed by atoms with E-state index in [-0.39, 0.29) is 12.4 Å². The van der Waals surface area contributed by atoms with Crippen molar-refractivity contribution in [2.45, 2.75) is 13.0 Å². The van der Waals surface area contributed by atoms with Crippen LogP contribution in [0.3, 0.4) is 0 Å². The zero-order valence-corrected chi connectivity index (χ0v) is 18.6. The Hall–Kier alpha value is -3.89. The largest absolute Gasteiger partial charge is 0.426 e. The average molecular weight is 453 g/mol. The Morgan fingerprint density at radius 1 is 0.788 bits per heavy atom. The fourth-order valence-corrected chi connectivity index (χ4v) is 3.96. The molecule has 0 saturated heterocycles. The molecule has 5 rings (SSSR count). The number of carbonyl (C=O) groups is 1. The van der Waals surface area contributed by atoms with Gasteiger partial charge in [0.25, 0.3) is 0 Å². The molecule has 1 heterocycles. The minimum atomic E-state index is -0.318. The Labute approximate surface area is 197 Å². The number of carbonyl (C=O) groups excluding carboxylic acids is 1. The minimum Gasteiger partial charge on any atom is -0.426 e. The van der Waals surface area contributed by atoms with Gasteiger partial charge in [-0.1, -0.05) is 66.2 Å². The smallest absolute Gasteiger partial charge is 0.315 e. The van der Waals surface area contributed by atoms with Crippen LogP contribution in [0.2, 0.25) is 5.02 Å². The van der Waals surface area contributed by atoms with Crippen LogP contribution in [-0.2, 0) is 17.8 Å². The lowest BCUT2D eigenvalue weighted by molar-refractivity contribution is -0.133. The van der Waals surface area contributed by atoms with Crippen molar-refractivity contribution in [3.63, 3.8) is 0 Å². The second-order valence-corrected chi connectivity index (χ2v) is 8.23. The number of nitrogens with zero attached hydrogens (tertiary/aromatic N) is 2. The summed E-state index contributed by atoms with van der Waals surface area (Å²) in [5.74, 6) is 1.06. The van der Waals surface area contributed by atoms with Gasteiger partial charge >= 0.3 is 5.97 Å². The van der Waals surface area contributed by atoms with Gasteiger partial charge in [-0.3, -0.25) is 4.79 Å². The fraction of sp³-hybridized carbons (Fsp3) is 0.0714. The number of fused-ring (bicyclic) bond motifs is 1. The maximum atomic E-state index is 12.3. The SMILES string of the molecule is O=C(Cc1ccc(Cl)cc1)Oc1ccc(-c2nc3ccccc3n2Cc2ccccc2)cc1. The highest BCUT2D eigenvalue weighted by atomic mass is 35.5. The zero-order chi connectivity index (χ0) is 22.6. The Kier molecular flexibility index (Phi) is 5.92. The highest BCUT2D eigenvalue weighted by Crippen LogP contribution is 2.27. The Bertz CT molecular complexity index is 1390. The summed E-state index contributed by atoms with van der Waals surface area (Å²) in [6, 6.07) is 33.1. The number of rotatable bonds is 6. The molecule has 0 aliphatic heterocycles. The molecule has 0 aliphatic carbocycles. The van der Waals surface area contributed by atoms with Crippen LogP contribution in [0.15, 0.2) is 103 Å². The van der Waals surface area contributed by atoms with Crippen molar-refractivity contribution in [3.8, 4) is 17.1 Å². The predicted octanol–water partition coefficient (Wildman–Crippen LogP) is 6.55. The van der Waals surface area contributed by atoms with Crippen LogP contribution < -0.4 is 4.74 Å². The van der Waals surface area contributed by atoms with E-state index in [1.807, 2.05) is 60.7 Å². The summed E-state index contributed by atoms with van der Waals surface area (Å²) in [6.45, 7) is 0.717. The molecular weight excluding hydrogens is 432 g/mol. The first-order chi connectivity index (χ1) is 16.2. The lowest BCUT2D eigenvalue weighted by Gasteiger charge is -2.10. The van der Waals surface area contributed by atoms with Gasteiger partial charge in [0.1, 0.15) is 11.6 Å². The summed E-state index contributed by atoms with van der Waals surface area (Å²) >= 11 is 5.90. The molecule has 162 valence electrons. The normalized spacial score (nSPS) is 10.9. The van der Waals surface area contributed by atoms with Crippen LogP contribution >= 0.6 is 11.6 Å². The molecule has 0 radical (unpaired) electrons.